The minimum absolute atomic E-state index is 0.0174. The second-order valence-corrected chi connectivity index (χ2v) is 6.99. The van der Waals surface area contributed by atoms with Gasteiger partial charge in [-0.15, -0.1) is 0 Å². The molecule has 1 aliphatic rings. The predicted octanol–water partition coefficient (Wildman–Crippen LogP) is 5.11. The molecule has 0 atom stereocenters. The van der Waals surface area contributed by atoms with Crippen molar-refractivity contribution in [2.24, 2.45) is 0 Å². The highest BCUT2D eigenvalue weighted by molar-refractivity contribution is 6.32. The molecule has 2 aromatic heterocycles. The number of rotatable bonds is 6. The van der Waals surface area contributed by atoms with Crippen molar-refractivity contribution < 1.29 is 18.0 Å². The summed E-state index contributed by atoms with van der Waals surface area (Å²) in [7, 11) is 1.52. The second kappa shape index (κ2) is 7.09. The average Bonchev–Trinajstić information content (AvgIpc) is 3.26. The Labute approximate surface area is 163 Å². The molecule has 10 heteroatoms. The summed E-state index contributed by atoms with van der Waals surface area (Å²) in [5.74, 6) is 1.17. The van der Waals surface area contributed by atoms with E-state index in [0.29, 0.717) is 22.0 Å². The maximum Gasteiger partial charge on any atom is 0.283 e. The van der Waals surface area contributed by atoms with Crippen LogP contribution in [-0.4, -0.2) is 27.0 Å². The second-order valence-electron chi connectivity index (χ2n) is 6.17. The first-order chi connectivity index (χ1) is 13.0. The zero-order valence-electron chi connectivity index (χ0n) is 14.1. The Morgan fingerprint density at radius 2 is 2.11 bits per heavy atom. The molecule has 3 aromatic rings. The van der Waals surface area contributed by atoms with Crippen molar-refractivity contribution in [2.45, 2.75) is 31.7 Å². The van der Waals surface area contributed by atoms with Crippen LogP contribution in [0.5, 0.6) is 5.75 Å². The van der Waals surface area contributed by atoms with E-state index in [0.717, 1.165) is 12.8 Å². The van der Waals surface area contributed by atoms with Gasteiger partial charge < -0.3 is 9.26 Å². The van der Waals surface area contributed by atoms with Crippen LogP contribution in [0.3, 0.4) is 0 Å². The fraction of sp³-hybridized carbons (Fsp3) is 0.353. The monoisotopic (exact) mass is 414 g/mol. The number of hydrogen-bond acceptors (Lipinski definition) is 5. The molecule has 0 N–H and O–H groups in total. The maximum absolute atomic E-state index is 13.2. The summed E-state index contributed by atoms with van der Waals surface area (Å²) in [6, 6.07) is 5.04. The van der Waals surface area contributed by atoms with Crippen LogP contribution in [0.15, 0.2) is 22.7 Å². The number of alkyl halides is 2. The molecule has 4 rings (SSSR count). The van der Waals surface area contributed by atoms with Gasteiger partial charge in [-0.3, -0.25) is 4.68 Å². The smallest absolute Gasteiger partial charge is 0.283 e. The molecule has 0 bridgehead atoms. The lowest BCUT2D eigenvalue weighted by atomic mass is 10.2. The third-order valence-electron chi connectivity index (χ3n) is 4.28. The Morgan fingerprint density at radius 3 is 2.78 bits per heavy atom. The molecule has 0 spiro atoms. The van der Waals surface area contributed by atoms with Crippen molar-refractivity contribution in [1.82, 2.24) is 19.9 Å². The van der Waals surface area contributed by atoms with Crippen LogP contribution in [-0.2, 0) is 6.54 Å². The van der Waals surface area contributed by atoms with Crippen molar-refractivity contribution in [3.05, 3.63) is 45.5 Å². The molecule has 0 radical (unpaired) electrons. The molecule has 0 unspecified atom stereocenters. The van der Waals surface area contributed by atoms with E-state index in [2.05, 4.69) is 15.2 Å². The summed E-state index contributed by atoms with van der Waals surface area (Å²) in [6.07, 6.45) is -0.962. The highest BCUT2D eigenvalue weighted by atomic mass is 35.5. The normalized spacial score (nSPS) is 14.1. The highest BCUT2D eigenvalue weighted by Crippen LogP contribution is 2.45. The van der Waals surface area contributed by atoms with Crippen molar-refractivity contribution in [3.63, 3.8) is 0 Å². The predicted molar refractivity (Wildman–Crippen MR) is 94.6 cm³/mol. The highest BCUT2D eigenvalue weighted by Gasteiger charge is 2.34. The van der Waals surface area contributed by atoms with Gasteiger partial charge in [0.2, 0.25) is 11.7 Å². The van der Waals surface area contributed by atoms with Crippen molar-refractivity contribution in [1.29, 1.82) is 0 Å². The van der Waals surface area contributed by atoms with E-state index < -0.39 is 12.1 Å². The largest absolute Gasteiger partial charge is 0.496 e. The topological polar surface area (TPSA) is 66.0 Å². The zero-order chi connectivity index (χ0) is 19.1. The fourth-order valence-corrected chi connectivity index (χ4v) is 3.43. The molecular formula is C17H14Cl2F2N4O2. The van der Waals surface area contributed by atoms with Gasteiger partial charge in [0, 0.05) is 10.9 Å². The third kappa shape index (κ3) is 3.51. The van der Waals surface area contributed by atoms with Gasteiger partial charge in [-0.05, 0) is 31.0 Å². The molecule has 0 aliphatic heterocycles. The third-order valence-corrected chi connectivity index (χ3v) is 4.90. The molecule has 27 heavy (non-hydrogen) atoms. The van der Waals surface area contributed by atoms with Gasteiger partial charge in [-0.25, -0.2) is 8.78 Å². The standard InChI is InChI=1S/C17H14Cl2F2N4O2/c1-26-11-5-4-9(18)6-10(11)17-22-12(27-24-17)7-25-15(8-2-3-8)13(19)14(23-25)16(20)21/h4-6,8,16H,2-3,7H2,1H3. The molecule has 2 heterocycles. The van der Waals surface area contributed by atoms with Gasteiger partial charge in [0.15, 0.2) is 0 Å². The molecule has 142 valence electrons. The van der Waals surface area contributed by atoms with Crippen LogP contribution in [0, 0.1) is 0 Å². The first kappa shape index (κ1) is 18.2. The molecular weight excluding hydrogens is 401 g/mol. The number of nitrogens with zero attached hydrogens (tertiary/aromatic N) is 4. The van der Waals surface area contributed by atoms with Gasteiger partial charge in [-0.2, -0.15) is 10.1 Å². The minimum atomic E-state index is -2.75. The Bertz CT molecular complexity index is 985. The number of halogens is 4. The van der Waals surface area contributed by atoms with E-state index >= 15 is 0 Å². The van der Waals surface area contributed by atoms with Crippen LogP contribution < -0.4 is 4.74 Å². The lowest BCUT2D eigenvalue weighted by Gasteiger charge is -2.05. The van der Waals surface area contributed by atoms with E-state index in [1.807, 2.05) is 0 Å². The zero-order valence-corrected chi connectivity index (χ0v) is 15.6. The van der Waals surface area contributed by atoms with Gasteiger partial charge in [0.05, 0.1) is 23.4 Å². The molecule has 1 fully saturated rings. The number of benzene rings is 1. The lowest BCUT2D eigenvalue weighted by Crippen LogP contribution is -2.06. The van der Waals surface area contributed by atoms with Crippen LogP contribution in [0.4, 0.5) is 8.78 Å². The van der Waals surface area contributed by atoms with Gasteiger partial charge in [0.25, 0.3) is 6.43 Å². The van der Waals surface area contributed by atoms with Gasteiger partial charge >= 0.3 is 0 Å². The Morgan fingerprint density at radius 1 is 1.33 bits per heavy atom. The minimum Gasteiger partial charge on any atom is -0.496 e. The summed E-state index contributed by atoms with van der Waals surface area (Å²) in [6.45, 7) is 0.0498. The SMILES string of the molecule is COc1ccc(Cl)cc1-c1noc(Cn2nc(C(F)F)c(Cl)c2C2CC2)n1. The Balaban J connectivity index is 1.66. The fourth-order valence-electron chi connectivity index (χ4n) is 2.89. The molecule has 1 aromatic carbocycles. The van der Waals surface area contributed by atoms with Crippen molar-refractivity contribution in [3.8, 4) is 17.1 Å². The van der Waals surface area contributed by atoms with Gasteiger partial charge in [0.1, 0.15) is 18.0 Å². The Kier molecular flexibility index (Phi) is 4.77. The number of hydrogen-bond donors (Lipinski definition) is 0. The Hall–Kier alpha value is -2.19. The van der Waals surface area contributed by atoms with Crippen molar-refractivity contribution >= 4 is 23.2 Å². The van der Waals surface area contributed by atoms with E-state index in [9.17, 15) is 8.78 Å². The van der Waals surface area contributed by atoms with Crippen LogP contribution in [0.25, 0.3) is 11.4 Å². The number of methoxy groups -OCH3 is 1. The van der Waals surface area contributed by atoms with E-state index in [1.165, 1.54) is 11.8 Å². The number of ether oxygens (including phenoxy) is 1. The van der Waals surface area contributed by atoms with Crippen LogP contribution in [0.2, 0.25) is 10.0 Å². The number of aromatic nitrogens is 4. The molecule has 6 nitrogen and oxygen atoms in total. The van der Waals surface area contributed by atoms with E-state index in [-0.39, 0.29) is 29.2 Å². The lowest BCUT2D eigenvalue weighted by molar-refractivity contribution is 0.145. The molecule has 1 saturated carbocycles. The van der Waals surface area contributed by atoms with E-state index in [4.69, 9.17) is 32.5 Å². The molecule has 1 aliphatic carbocycles. The van der Waals surface area contributed by atoms with E-state index in [1.54, 1.807) is 18.2 Å². The van der Waals surface area contributed by atoms with Gasteiger partial charge in [-0.1, -0.05) is 28.4 Å². The van der Waals surface area contributed by atoms with Crippen LogP contribution >= 0.6 is 23.2 Å². The summed E-state index contributed by atoms with van der Waals surface area (Å²) < 4.78 is 38.3. The summed E-state index contributed by atoms with van der Waals surface area (Å²) in [4.78, 5) is 4.32. The summed E-state index contributed by atoms with van der Waals surface area (Å²) >= 11 is 12.2. The molecule has 0 saturated heterocycles. The molecule has 0 amide bonds. The maximum atomic E-state index is 13.2. The first-order valence-corrected chi connectivity index (χ1v) is 8.94. The summed E-state index contributed by atoms with van der Waals surface area (Å²) in [5.41, 5.74) is 0.732. The first-order valence-electron chi connectivity index (χ1n) is 8.18. The van der Waals surface area contributed by atoms with Crippen molar-refractivity contribution in [2.75, 3.05) is 7.11 Å². The average molecular weight is 415 g/mol. The summed E-state index contributed by atoms with van der Waals surface area (Å²) in [5, 5.41) is 8.41. The van der Waals surface area contributed by atoms with Crippen LogP contribution in [0.1, 0.15) is 42.5 Å². The quantitative estimate of drug-likeness (QED) is 0.560.